The van der Waals surface area contributed by atoms with Crippen LogP contribution in [0, 0.1) is 5.92 Å². The average Bonchev–Trinajstić information content (AvgIpc) is 2.71. The van der Waals surface area contributed by atoms with Crippen LogP contribution in [0.2, 0.25) is 0 Å². The molecule has 0 heterocycles. The zero-order chi connectivity index (χ0) is 25.8. The van der Waals surface area contributed by atoms with Crippen molar-refractivity contribution in [2.45, 2.75) is 59.7 Å². The Balaban J connectivity index is 4.43. The maximum atomic E-state index is 12.4. The Morgan fingerprint density at radius 2 is 1.30 bits per heavy atom. The van der Waals surface area contributed by atoms with E-state index in [0.29, 0.717) is 0 Å². The van der Waals surface area contributed by atoms with Crippen LogP contribution in [0.15, 0.2) is 24.3 Å². The number of carbonyl (C=O) groups excluding carboxylic acids is 4. The Morgan fingerprint density at radius 1 is 0.848 bits per heavy atom. The second-order valence-corrected chi connectivity index (χ2v) is 8.73. The van der Waals surface area contributed by atoms with E-state index in [1.807, 2.05) is 6.92 Å². The highest BCUT2D eigenvalue weighted by molar-refractivity contribution is 5.87. The normalized spacial score (nSPS) is 12.2. The summed E-state index contributed by atoms with van der Waals surface area (Å²) >= 11 is 0. The van der Waals surface area contributed by atoms with E-state index in [2.05, 4.69) is 23.8 Å². The second kappa shape index (κ2) is 13.6. The van der Waals surface area contributed by atoms with E-state index in [9.17, 15) is 19.2 Å². The summed E-state index contributed by atoms with van der Waals surface area (Å²) in [6, 6.07) is 0. The van der Waals surface area contributed by atoms with E-state index in [0.717, 1.165) is 0 Å². The highest BCUT2D eigenvalue weighted by Crippen LogP contribution is 2.23. The van der Waals surface area contributed by atoms with Gasteiger partial charge in [0, 0.05) is 17.1 Å². The number of amides is 2. The van der Waals surface area contributed by atoms with Crippen molar-refractivity contribution in [1.82, 2.24) is 10.6 Å². The minimum absolute atomic E-state index is 0.00438. The van der Waals surface area contributed by atoms with Gasteiger partial charge in [0.1, 0.15) is 24.4 Å². The summed E-state index contributed by atoms with van der Waals surface area (Å²) in [6.45, 7) is 18.9. The van der Waals surface area contributed by atoms with Gasteiger partial charge in [-0.1, -0.05) is 20.1 Å². The number of rotatable bonds is 14. The molecule has 0 aliphatic rings. The van der Waals surface area contributed by atoms with Crippen molar-refractivity contribution in [2.75, 3.05) is 32.9 Å². The zero-order valence-electron chi connectivity index (χ0n) is 20.8. The van der Waals surface area contributed by atoms with Crippen molar-refractivity contribution < 1.29 is 38.1 Å². The number of hydrogen-bond acceptors (Lipinski definition) is 8. The molecule has 0 spiro atoms. The summed E-state index contributed by atoms with van der Waals surface area (Å²) in [5, 5.41) is 5.16. The van der Waals surface area contributed by atoms with E-state index in [1.165, 1.54) is 13.8 Å². The molecular formula is C23H38N2O8. The minimum atomic E-state index is -1.15. The molecule has 2 N–H and O–H groups in total. The van der Waals surface area contributed by atoms with Crippen LogP contribution in [0.4, 0.5) is 4.79 Å². The predicted octanol–water partition coefficient (Wildman–Crippen LogP) is 2.28. The Morgan fingerprint density at radius 3 is 1.76 bits per heavy atom. The van der Waals surface area contributed by atoms with Gasteiger partial charge >= 0.3 is 18.0 Å². The fraction of sp³-hybridized carbons (Fsp3) is 0.652. The van der Waals surface area contributed by atoms with Crippen molar-refractivity contribution >= 4 is 23.9 Å². The third-order valence-electron chi connectivity index (χ3n) is 4.71. The smallest absolute Gasteiger partial charge is 0.407 e. The highest BCUT2D eigenvalue weighted by atomic mass is 16.6. The molecule has 1 unspecified atom stereocenters. The van der Waals surface area contributed by atoms with E-state index in [-0.39, 0.29) is 55.9 Å². The van der Waals surface area contributed by atoms with Gasteiger partial charge < -0.3 is 29.6 Å². The molecule has 10 nitrogen and oxygen atoms in total. The average molecular weight is 471 g/mol. The maximum absolute atomic E-state index is 12.4. The quantitative estimate of drug-likeness (QED) is 0.171. The topological polar surface area (TPSA) is 129 Å². The van der Waals surface area contributed by atoms with Gasteiger partial charge in [-0.2, -0.15) is 0 Å². The lowest BCUT2D eigenvalue weighted by molar-refractivity contribution is -0.148. The minimum Gasteiger partial charge on any atom is -0.460 e. The Kier molecular flexibility index (Phi) is 12.4. The van der Waals surface area contributed by atoms with Crippen molar-refractivity contribution in [2.24, 2.45) is 5.92 Å². The molecule has 188 valence electrons. The first-order chi connectivity index (χ1) is 15.1. The van der Waals surface area contributed by atoms with Crippen LogP contribution < -0.4 is 10.6 Å². The van der Waals surface area contributed by atoms with Crippen molar-refractivity contribution in [3.8, 4) is 0 Å². The molecule has 0 saturated carbocycles. The third-order valence-corrected chi connectivity index (χ3v) is 4.71. The lowest BCUT2D eigenvalue weighted by Gasteiger charge is -2.34. The predicted molar refractivity (Wildman–Crippen MR) is 122 cm³/mol. The molecule has 1 atom stereocenters. The molecule has 0 aliphatic carbocycles. The lowest BCUT2D eigenvalue weighted by Crippen LogP contribution is -2.48. The van der Waals surface area contributed by atoms with Crippen LogP contribution in [0.25, 0.3) is 0 Å². The van der Waals surface area contributed by atoms with Gasteiger partial charge in [-0.3, -0.25) is 4.79 Å². The van der Waals surface area contributed by atoms with Crippen LogP contribution in [0.1, 0.15) is 48.5 Å². The summed E-state index contributed by atoms with van der Waals surface area (Å²) in [6.07, 6.45) is -0.667. The molecule has 0 aromatic carbocycles. The van der Waals surface area contributed by atoms with Gasteiger partial charge in [0.2, 0.25) is 0 Å². The standard InChI is InChI=1S/C23H38N2O8/c1-15(2)18(26)30-12-10-24-20(28)23(8,9)32-14-17(5)22(6,7)33-21(29)25-11-13-31-19(27)16(3)4/h17H,1,3,10-14H2,2,4-9H3,(H,24,28)(H,25,29). The van der Waals surface area contributed by atoms with Crippen LogP contribution >= 0.6 is 0 Å². The van der Waals surface area contributed by atoms with Crippen molar-refractivity contribution in [3.63, 3.8) is 0 Å². The monoisotopic (exact) mass is 470 g/mol. The summed E-state index contributed by atoms with van der Waals surface area (Å²) in [4.78, 5) is 47.1. The number of alkyl carbamates (subject to hydrolysis) is 1. The molecule has 33 heavy (non-hydrogen) atoms. The van der Waals surface area contributed by atoms with E-state index < -0.39 is 29.2 Å². The van der Waals surface area contributed by atoms with Gasteiger partial charge in [-0.15, -0.1) is 0 Å². The molecule has 0 radical (unpaired) electrons. The molecule has 0 bridgehead atoms. The van der Waals surface area contributed by atoms with E-state index in [4.69, 9.17) is 18.9 Å². The van der Waals surface area contributed by atoms with Gasteiger partial charge in [0.25, 0.3) is 5.91 Å². The zero-order valence-corrected chi connectivity index (χ0v) is 20.8. The SMILES string of the molecule is C=C(C)C(=O)OCCNC(=O)OC(C)(C)C(C)COC(C)(C)C(=O)NCCOC(=O)C(=C)C. The summed E-state index contributed by atoms with van der Waals surface area (Å²) in [7, 11) is 0. The maximum Gasteiger partial charge on any atom is 0.407 e. The van der Waals surface area contributed by atoms with Crippen molar-refractivity contribution in [3.05, 3.63) is 24.3 Å². The number of carbonyl (C=O) groups is 4. The van der Waals surface area contributed by atoms with Gasteiger partial charge in [0.05, 0.1) is 19.7 Å². The number of hydrogen-bond donors (Lipinski definition) is 2. The molecule has 10 heteroatoms. The first-order valence-electron chi connectivity index (χ1n) is 10.6. The summed E-state index contributed by atoms with van der Waals surface area (Å²) in [5.74, 6) is -1.68. The van der Waals surface area contributed by atoms with Gasteiger partial charge in [-0.25, -0.2) is 14.4 Å². The molecule has 0 saturated heterocycles. The molecule has 0 aromatic rings. The molecule has 2 amide bonds. The van der Waals surface area contributed by atoms with Gasteiger partial charge in [-0.05, 0) is 41.5 Å². The van der Waals surface area contributed by atoms with Crippen LogP contribution in [0.5, 0.6) is 0 Å². The lowest BCUT2D eigenvalue weighted by atomic mass is 9.93. The van der Waals surface area contributed by atoms with E-state index >= 15 is 0 Å². The van der Waals surface area contributed by atoms with Crippen LogP contribution in [-0.2, 0) is 33.3 Å². The number of ether oxygens (including phenoxy) is 4. The summed E-state index contributed by atoms with van der Waals surface area (Å²) in [5.41, 5.74) is -1.50. The first kappa shape index (κ1) is 30.1. The largest absolute Gasteiger partial charge is 0.460 e. The number of esters is 2. The Hall–Kier alpha value is -2.88. The Bertz CT molecular complexity index is 743. The van der Waals surface area contributed by atoms with Crippen LogP contribution in [-0.4, -0.2) is 68.1 Å². The van der Waals surface area contributed by atoms with E-state index in [1.54, 1.807) is 27.7 Å². The van der Waals surface area contributed by atoms with Gasteiger partial charge in [0.15, 0.2) is 0 Å². The molecule has 0 aliphatic heterocycles. The second-order valence-electron chi connectivity index (χ2n) is 8.73. The summed E-state index contributed by atoms with van der Waals surface area (Å²) < 4.78 is 21.0. The molecule has 0 aromatic heterocycles. The fourth-order valence-corrected chi connectivity index (χ4v) is 2.04. The Labute approximate surface area is 196 Å². The molecule has 0 fully saturated rings. The fourth-order valence-electron chi connectivity index (χ4n) is 2.04. The van der Waals surface area contributed by atoms with Crippen LogP contribution in [0.3, 0.4) is 0 Å². The molecule has 0 rings (SSSR count). The molecular weight excluding hydrogens is 432 g/mol. The first-order valence-corrected chi connectivity index (χ1v) is 10.6. The number of nitrogens with one attached hydrogen (secondary N) is 2. The highest BCUT2D eigenvalue weighted by Gasteiger charge is 2.34. The van der Waals surface area contributed by atoms with Crippen molar-refractivity contribution in [1.29, 1.82) is 0 Å². The third kappa shape index (κ3) is 12.1.